The lowest BCUT2D eigenvalue weighted by Crippen LogP contribution is -2.43. The zero-order valence-electron chi connectivity index (χ0n) is 10.0. The van der Waals surface area contributed by atoms with Crippen LogP contribution in [0.4, 0.5) is 4.39 Å². The summed E-state index contributed by atoms with van der Waals surface area (Å²) in [6.45, 7) is 3.02. The van der Waals surface area contributed by atoms with Gasteiger partial charge in [-0.1, -0.05) is 22.9 Å². The first kappa shape index (κ1) is 14.0. The van der Waals surface area contributed by atoms with E-state index in [1.807, 2.05) is 6.92 Å². The van der Waals surface area contributed by atoms with Crippen molar-refractivity contribution in [1.29, 1.82) is 0 Å². The predicted molar refractivity (Wildman–Crippen MR) is 71.7 cm³/mol. The lowest BCUT2D eigenvalue weighted by molar-refractivity contribution is 0.292. The summed E-state index contributed by atoms with van der Waals surface area (Å²) in [5.74, 6) is -0.157. The van der Waals surface area contributed by atoms with E-state index in [0.29, 0.717) is 17.9 Å². The normalized spacial score (nSPS) is 26.2. The molecule has 0 saturated carbocycles. The van der Waals surface area contributed by atoms with Gasteiger partial charge >= 0.3 is 0 Å². The minimum absolute atomic E-state index is 0.157. The topological polar surface area (TPSA) is 37.4 Å². The van der Waals surface area contributed by atoms with Crippen LogP contribution in [0.3, 0.4) is 0 Å². The first-order valence-corrected chi connectivity index (χ1v) is 8.16. The van der Waals surface area contributed by atoms with Crippen molar-refractivity contribution in [2.45, 2.75) is 23.1 Å². The van der Waals surface area contributed by atoms with Gasteiger partial charge in [0.1, 0.15) is 5.82 Å². The van der Waals surface area contributed by atoms with Crippen LogP contribution in [0.15, 0.2) is 29.2 Å². The molecule has 1 aliphatic rings. The van der Waals surface area contributed by atoms with Gasteiger partial charge in [-0.3, -0.25) is 0 Å². The minimum Gasteiger partial charge on any atom is -0.207 e. The summed E-state index contributed by atoms with van der Waals surface area (Å²) in [7, 11) is -3.49. The monoisotopic (exact) mass is 335 g/mol. The summed E-state index contributed by atoms with van der Waals surface area (Å²) < 4.78 is 39.0. The Morgan fingerprint density at radius 1 is 1.33 bits per heavy atom. The Bertz CT molecular complexity index is 517. The highest BCUT2D eigenvalue weighted by Gasteiger charge is 2.32. The van der Waals surface area contributed by atoms with Crippen LogP contribution in [-0.4, -0.2) is 30.6 Å². The molecule has 2 unspecified atom stereocenters. The Kier molecular flexibility index (Phi) is 4.08. The van der Waals surface area contributed by atoms with Crippen molar-refractivity contribution in [3.05, 3.63) is 30.1 Å². The lowest BCUT2D eigenvalue weighted by Gasteiger charge is -2.33. The number of halogens is 2. The van der Waals surface area contributed by atoms with Crippen molar-refractivity contribution >= 4 is 26.0 Å². The van der Waals surface area contributed by atoms with Gasteiger partial charge in [0, 0.05) is 17.9 Å². The summed E-state index contributed by atoms with van der Waals surface area (Å²) in [6, 6.07) is 4.98. The van der Waals surface area contributed by atoms with Crippen LogP contribution in [-0.2, 0) is 10.0 Å². The molecule has 0 aromatic heterocycles. The Labute approximate surface area is 115 Å². The van der Waals surface area contributed by atoms with Crippen LogP contribution in [0, 0.1) is 11.7 Å². The van der Waals surface area contributed by atoms with Gasteiger partial charge in [0.25, 0.3) is 0 Å². The quantitative estimate of drug-likeness (QED) is 0.779. The van der Waals surface area contributed by atoms with Crippen molar-refractivity contribution < 1.29 is 12.8 Å². The van der Waals surface area contributed by atoms with Gasteiger partial charge < -0.3 is 0 Å². The van der Waals surface area contributed by atoms with Crippen LogP contribution in [0.5, 0.6) is 0 Å². The molecule has 100 valence electrons. The molecule has 2 rings (SSSR count). The highest BCUT2D eigenvalue weighted by molar-refractivity contribution is 9.09. The van der Waals surface area contributed by atoms with E-state index in [4.69, 9.17) is 0 Å². The van der Waals surface area contributed by atoms with Gasteiger partial charge in [0.05, 0.1) is 4.90 Å². The predicted octanol–water partition coefficient (Wildman–Crippen LogP) is 2.62. The van der Waals surface area contributed by atoms with E-state index in [1.54, 1.807) is 0 Å². The summed E-state index contributed by atoms with van der Waals surface area (Å²) in [5.41, 5.74) is 0. The second kappa shape index (κ2) is 5.27. The number of benzene rings is 1. The smallest absolute Gasteiger partial charge is 0.207 e. The molecule has 1 heterocycles. The maximum absolute atomic E-state index is 12.8. The van der Waals surface area contributed by atoms with Crippen molar-refractivity contribution in [2.24, 2.45) is 5.92 Å². The molecule has 0 amide bonds. The molecule has 2 atom stereocenters. The molecule has 0 radical (unpaired) electrons. The summed E-state index contributed by atoms with van der Waals surface area (Å²) in [4.78, 5) is 0.515. The molecule has 0 aliphatic carbocycles. The number of hydrogen-bond donors (Lipinski definition) is 0. The summed E-state index contributed by atoms with van der Waals surface area (Å²) >= 11 is 3.54. The average Bonchev–Trinajstić information content (AvgIpc) is 2.33. The Morgan fingerprint density at radius 2 is 1.94 bits per heavy atom. The van der Waals surface area contributed by atoms with Gasteiger partial charge in [0.15, 0.2) is 0 Å². The molecular weight excluding hydrogens is 321 g/mol. The molecule has 0 bridgehead atoms. The summed E-state index contributed by atoms with van der Waals surface area (Å²) in [5, 5.41) is 0. The number of alkyl halides is 1. The SMILES string of the molecule is CC1CN(S(=O)(=O)c2ccc(F)cc2)CCC1Br. The van der Waals surface area contributed by atoms with Crippen LogP contribution >= 0.6 is 15.9 Å². The number of hydrogen-bond acceptors (Lipinski definition) is 2. The minimum atomic E-state index is -3.49. The van der Waals surface area contributed by atoms with E-state index in [-0.39, 0.29) is 10.8 Å². The van der Waals surface area contributed by atoms with Gasteiger partial charge in [-0.05, 0) is 36.6 Å². The molecule has 3 nitrogen and oxygen atoms in total. The Hall–Kier alpha value is -0.460. The molecule has 1 saturated heterocycles. The molecule has 0 spiro atoms. The molecule has 0 N–H and O–H groups in total. The van der Waals surface area contributed by atoms with E-state index in [2.05, 4.69) is 15.9 Å². The molecular formula is C12H15BrFNO2S. The van der Waals surface area contributed by atoms with Crippen LogP contribution in [0.1, 0.15) is 13.3 Å². The van der Waals surface area contributed by atoms with E-state index >= 15 is 0 Å². The Balaban J connectivity index is 2.24. The van der Waals surface area contributed by atoms with E-state index < -0.39 is 15.8 Å². The average molecular weight is 336 g/mol. The lowest BCUT2D eigenvalue weighted by atomic mass is 10.0. The Morgan fingerprint density at radius 3 is 2.50 bits per heavy atom. The number of piperidine rings is 1. The molecule has 18 heavy (non-hydrogen) atoms. The number of sulfonamides is 1. The third-order valence-electron chi connectivity index (χ3n) is 3.21. The highest BCUT2D eigenvalue weighted by Crippen LogP contribution is 2.27. The first-order valence-electron chi connectivity index (χ1n) is 5.81. The second-order valence-corrected chi connectivity index (χ2v) is 7.71. The molecule has 1 fully saturated rings. The highest BCUT2D eigenvalue weighted by atomic mass is 79.9. The fourth-order valence-electron chi connectivity index (χ4n) is 2.05. The molecule has 1 aromatic carbocycles. The number of nitrogens with zero attached hydrogens (tertiary/aromatic N) is 1. The molecule has 1 aromatic rings. The third-order valence-corrected chi connectivity index (χ3v) is 6.45. The van der Waals surface area contributed by atoms with Crippen molar-refractivity contribution in [3.8, 4) is 0 Å². The van der Waals surface area contributed by atoms with E-state index in [0.717, 1.165) is 6.42 Å². The van der Waals surface area contributed by atoms with Crippen molar-refractivity contribution in [3.63, 3.8) is 0 Å². The third kappa shape index (κ3) is 2.75. The van der Waals surface area contributed by atoms with Gasteiger partial charge in [-0.2, -0.15) is 4.31 Å². The summed E-state index contributed by atoms with van der Waals surface area (Å²) in [6.07, 6.45) is 0.793. The standard InChI is InChI=1S/C12H15BrFNO2S/c1-9-8-15(7-6-12(9)13)18(16,17)11-4-2-10(14)3-5-11/h2-5,9,12H,6-8H2,1H3. The zero-order valence-corrected chi connectivity index (χ0v) is 12.4. The van der Waals surface area contributed by atoms with Gasteiger partial charge in [-0.25, -0.2) is 12.8 Å². The van der Waals surface area contributed by atoms with E-state index in [9.17, 15) is 12.8 Å². The van der Waals surface area contributed by atoms with Crippen LogP contribution in [0.2, 0.25) is 0 Å². The number of rotatable bonds is 2. The van der Waals surface area contributed by atoms with Crippen molar-refractivity contribution in [2.75, 3.05) is 13.1 Å². The van der Waals surface area contributed by atoms with Gasteiger partial charge in [-0.15, -0.1) is 0 Å². The fourth-order valence-corrected chi connectivity index (χ4v) is 3.98. The molecule has 6 heteroatoms. The fraction of sp³-hybridized carbons (Fsp3) is 0.500. The zero-order chi connectivity index (χ0) is 13.3. The van der Waals surface area contributed by atoms with Gasteiger partial charge in [0.2, 0.25) is 10.0 Å². The van der Waals surface area contributed by atoms with Crippen LogP contribution in [0.25, 0.3) is 0 Å². The van der Waals surface area contributed by atoms with E-state index in [1.165, 1.54) is 28.6 Å². The maximum atomic E-state index is 12.8. The molecule has 1 aliphatic heterocycles. The largest absolute Gasteiger partial charge is 0.243 e. The second-order valence-electron chi connectivity index (χ2n) is 4.60. The van der Waals surface area contributed by atoms with Crippen LogP contribution < -0.4 is 0 Å². The maximum Gasteiger partial charge on any atom is 0.243 e. The first-order chi connectivity index (χ1) is 8.41. The van der Waals surface area contributed by atoms with Crippen molar-refractivity contribution in [1.82, 2.24) is 4.31 Å².